The van der Waals surface area contributed by atoms with Gasteiger partial charge in [-0.15, -0.1) is 0 Å². The van der Waals surface area contributed by atoms with Gasteiger partial charge in [0.15, 0.2) is 11.5 Å². The molecule has 0 saturated heterocycles. The second-order valence-corrected chi connectivity index (χ2v) is 7.46. The highest BCUT2D eigenvalue weighted by Crippen LogP contribution is 2.32. The molecule has 2 aromatic rings. The Morgan fingerprint density at radius 2 is 1.78 bits per heavy atom. The van der Waals surface area contributed by atoms with Crippen molar-refractivity contribution in [3.63, 3.8) is 0 Å². The van der Waals surface area contributed by atoms with Gasteiger partial charge in [0, 0.05) is 24.2 Å². The average Bonchev–Trinajstić information content (AvgIpc) is 2.65. The van der Waals surface area contributed by atoms with E-state index in [1.165, 1.54) is 19.1 Å². The van der Waals surface area contributed by atoms with Gasteiger partial charge in [0.25, 0.3) is 0 Å². The monoisotopic (exact) mass is 386 g/mol. The van der Waals surface area contributed by atoms with Crippen LogP contribution in [0, 0.1) is 11.8 Å². The summed E-state index contributed by atoms with van der Waals surface area (Å²) in [6.45, 7) is 2.22. The maximum absolute atomic E-state index is 12.4. The number of hydrogen-bond acceptors (Lipinski definition) is 5. The molecule has 0 spiro atoms. The fourth-order valence-electron chi connectivity index (χ4n) is 2.39. The quantitative estimate of drug-likeness (QED) is 0.781. The molecule has 3 rings (SSSR count). The number of rotatable bonds is 4. The number of anilines is 1. The summed E-state index contributed by atoms with van der Waals surface area (Å²) in [5.74, 6) is 6.42. The Balaban J connectivity index is 1.61. The van der Waals surface area contributed by atoms with Gasteiger partial charge in [0.1, 0.15) is 13.2 Å². The Hall–Kier alpha value is -3.02. The zero-order valence-corrected chi connectivity index (χ0v) is 15.4. The molecule has 7 nitrogen and oxygen atoms in total. The molecule has 0 radical (unpaired) electrons. The molecular weight excluding hydrogens is 368 g/mol. The van der Waals surface area contributed by atoms with Crippen molar-refractivity contribution in [1.82, 2.24) is 4.72 Å². The number of nitrogens with one attached hydrogen (secondary N) is 2. The van der Waals surface area contributed by atoms with Crippen LogP contribution in [-0.2, 0) is 14.8 Å². The molecule has 0 saturated carbocycles. The van der Waals surface area contributed by atoms with E-state index >= 15 is 0 Å². The molecule has 140 valence electrons. The average molecular weight is 386 g/mol. The molecule has 8 heteroatoms. The second kappa shape index (κ2) is 8.12. The topological polar surface area (TPSA) is 93.7 Å². The summed E-state index contributed by atoms with van der Waals surface area (Å²) in [6.07, 6.45) is 0. The van der Waals surface area contributed by atoms with E-state index in [1.54, 1.807) is 30.3 Å². The molecule has 2 N–H and O–H groups in total. The van der Waals surface area contributed by atoms with Crippen LogP contribution in [0.3, 0.4) is 0 Å². The lowest BCUT2D eigenvalue weighted by Crippen LogP contribution is -2.24. The normalized spacial score (nSPS) is 12.6. The van der Waals surface area contributed by atoms with E-state index in [1.807, 2.05) is 0 Å². The Labute approximate surface area is 157 Å². The first kappa shape index (κ1) is 18.8. The fraction of sp³-hybridized carbons (Fsp3) is 0.211. The number of carbonyl (C=O) groups excluding carboxylic acids is 1. The van der Waals surface area contributed by atoms with Gasteiger partial charge >= 0.3 is 0 Å². The first-order valence-electron chi connectivity index (χ1n) is 8.20. The standard InChI is InChI=1S/C19H18N2O5S/c1-14(22)21-16-6-4-15(5-7-16)3-2-10-20-27(23,24)17-8-9-18-19(13-17)26-12-11-25-18/h4-9,13,20H,10-12H2,1H3,(H,21,22). The third-order valence-corrected chi connectivity index (χ3v) is 5.01. The Morgan fingerprint density at radius 3 is 2.48 bits per heavy atom. The maximum atomic E-state index is 12.4. The van der Waals surface area contributed by atoms with Crippen molar-refractivity contribution >= 4 is 21.6 Å². The predicted molar refractivity (Wildman–Crippen MR) is 100 cm³/mol. The second-order valence-electron chi connectivity index (χ2n) is 5.69. The molecule has 0 unspecified atom stereocenters. The lowest BCUT2D eigenvalue weighted by Gasteiger charge is -2.18. The largest absolute Gasteiger partial charge is 0.486 e. The minimum atomic E-state index is -3.70. The van der Waals surface area contributed by atoms with E-state index in [-0.39, 0.29) is 17.3 Å². The number of fused-ring (bicyclic) bond motifs is 1. The number of benzene rings is 2. The summed E-state index contributed by atoms with van der Waals surface area (Å²) in [4.78, 5) is 11.1. The highest BCUT2D eigenvalue weighted by molar-refractivity contribution is 7.89. The summed E-state index contributed by atoms with van der Waals surface area (Å²) in [5.41, 5.74) is 1.38. The molecule has 1 aliphatic heterocycles. The highest BCUT2D eigenvalue weighted by Gasteiger charge is 2.18. The van der Waals surface area contributed by atoms with Crippen molar-refractivity contribution in [3.05, 3.63) is 48.0 Å². The van der Waals surface area contributed by atoms with Gasteiger partial charge < -0.3 is 14.8 Å². The molecule has 0 atom stereocenters. The third-order valence-electron chi connectivity index (χ3n) is 3.61. The predicted octanol–water partition coefficient (Wildman–Crippen LogP) is 1.75. The first-order valence-corrected chi connectivity index (χ1v) is 9.68. The van der Waals surface area contributed by atoms with Crippen LogP contribution in [0.4, 0.5) is 5.69 Å². The Kier molecular flexibility index (Phi) is 5.64. The van der Waals surface area contributed by atoms with Crippen LogP contribution in [0.2, 0.25) is 0 Å². The number of sulfonamides is 1. The van der Waals surface area contributed by atoms with E-state index in [0.29, 0.717) is 36.0 Å². The Bertz CT molecular complexity index is 1000. The van der Waals surface area contributed by atoms with E-state index in [4.69, 9.17) is 9.47 Å². The van der Waals surface area contributed by atoms with Gasteiger partial charge in [-0.1, -0.05) is 11.8 Å². The lowest BCUT2D eigenvalue weighted by molar-refractivity contribution is -0.114. The molecule has 0 fully saturated rings. The van der Waals surface area contributed by atoms with Crippen LogP contribution in [-0.4, -0.2) is 34.1 Å². The van der Waals surface area contributed by atoms with Crippen LogP contribution in [0.5, 0.6) is 11.5 Å². The summed E-state index contributed by atoms with van der Waals surface area (Å²) < 4.78 is 37.9. The molecular formula is C19H18N2O5S. The minimum Gasteiger partial charge on any atom is -0.486 e. The van der Waals surface area contributed by atoms with Gasteiger partial charge in [-0.25, -0.2) is 8.42 Å². The smallest absolute Gasteiger partial charge is 0.241 e. The van der Waals surface area contributed by atoms with Crippen molar-refractivity contribution < 1.29 is 22.7 Å². The van der Waals surface area contributed by atoms with E-state index in [0.717, 1.165) is 0 Å². The summed E-state index contributed by atoms with van der Waals surface area (Å²) >= 11 is 0. The minimum absolute atomic E-state index is 0.0375. The lowest BCUT2D eigenvalue weighted by atomic mass is 10.2. The molecule has 1 amide bonds. The number of hydrogen-bond donors (Lipinski definition) is 2. The fourth-order valence-corrected chi connectivity index (χ4v) is 3.33. The zero-order valence-electron chi connectivity index (χ0n) is 14.6. The number of carbonyl (C=O) groups is 1. The summed E-state index contributed by atoms with van der Waals surface area (Å²) in [7, 11) is -3.70. The molecule has 0 aliphatic carbocycles. The van der Waals surface area contributed by atoms with Crippen molar-refractivity contribution in [3.8, 4) is 23.3 Å². The SMILES string of the molecule is CC(=O)Nc1ccc(C#CCNS(=O)(=O)c2ccc3c(c2)OCCO3)cc1. The Morgan fingerprint density at radius 1 is 1.07 bits per heavy atom. The van der Waals surface area contributed by atoms with Crippen LogP contribution in [0.15, 0.2) is 47.4 Å². The van der Waals surface area contributed by atoms with Crippen LogP contribution < -0.4 is 19.5 Å². The first-order chi connectivity index (χ1) is 12.9. The van der Waals surface area contributed by atoms with Crippen molar-refractivity contribution in [2.24, 2.45) is 0 Å². The number of amides is 1. The van der Waals surface area contributed by atoms with Crippen molar-refractivity contribution in [2.45, 2.75) is 11.8 Å². The van der Waals surface area contributed by atoms with Crippen LogP contribution in [0.25, 0.3) is 0 Å². The van der Waals surface area contributed by atoms with Crippen LogP contribution >= 0.6 is 0 Å². The van der Waals surface area contributed by atoms with Gasteiger partial charge in [0.05, 0.1) is 11.4 Å². The maximum Gasteiger partial charge on any atom is 0.241 e. The van der Waals surface area contributed by atoms with Crippen molar-refractivity contribution in [2.75, 3.05) is 25.1 Å². The summed E-state index contributed by atoms with van der Waals surface area (Å²) in [6, 6.07) is 11.4. The van der Waals surface area contributed by atoms with Gasteiger partial charge in [-0.3, -0.25) is 4.79 Å². The van der Waals surface area contributed by atoms with Crippen LogP contribution in [0.1, 0.15) is 12.5 Å². The van der Waals surface area contributed by atoms with Gasteiger partial charge in [-0.2, -0.15) is 4.72 Å². The number of ether oxygens (including phenoxy) is 2. The van der Waals surface area contributed by atoms with Crippen molar-refractivity contribution in [1.29, 1.82) is 0 Å². The van der Waals surface area contributed by atoms with Gasteiger partial charge in [0.2, 0.25) is 15.9 Å². The van der Waals surface area contributed by atoms with E-state index in [9.17, 15) is 13.2 Å². The zero-order chi connectivity index (χ0) is 19.3. The molecule has 0 bridgehead atoms. The summed E-state index contributed by atoms with van der Waals surface area (Å²) in [5, 5.41) is 2.66. The molecule has 2 aromatic carbocycles. The highest BCUT2D eigenvalue weighted by atomic mass is 32.2. The van der Waals surface area contributed by atoms with E-state index < -0.39 is 10.0 Å². The third kappa shape index (κ3) is 5.00. The van der Waals surface area contributed by atoms with E-state index in [2.05, 4.69) is 21.9 Å². The molecule has 1 heterocycles. The molecule has 1 aliphatic rings. The van der Waals surface area contributed by atoms with Gasteiger partial charge in [-0.05, 0) is 36.4 Å². The molecule has 0 aromatic heterocycles. The molecule has 27 heavy (non-hydrogen) atoms.